The summed E-state index contributed by atoms with van der Waals surface area (Å²) in [4.78, 5) is 0. The average Bonchev–Trinajstić information content (AvgIpc) is 2.74. The van der Waals surface area contributed by atoms with Crippen molar-refractivity contribution < 1.29 is 4.48 Å². The van der Waals surface area contributed by atoms with Gasteiger partial charge >= 0.3 is 0 Å². The van der Waals surface area contributed by atoms with Crippen LogP contribution >= 0.6 is 0 Å². The van der Waals surface area contributed by atoms with Crippen molar-refractivity contribution in [3.05, 3.63) is 35.9 Å². The van der Waals surface area contributed by atoms with Crippen molar-refractivity contribution in [2.75, 3.05) is 26.7 Å². The molecule has 1 heteroatoms. The number of piperidine rings is 1. The van der Waals surface area contributed by atoms with E-state index >= 15 is 0 Å². The van der Waals surface area contributed by atoms with Crippen LogP contribution in [0.3, 0.4) is 0 Å². The van der Waals surface area contributed by atoms with Crippen LogP contribution in [0.25, 0.3) is 0 Å². The highest BCUT2D eigenvalue weighted by Gasteiger charge is 2.53. The average molecular weight is 188 g/mol. The SMILES string of the molecule is C[N+]12CCC(c3ccccc3)(CC1)C2. The second kappa shape index (κ2) is 2.60. The van der Waals surface area contributed by atoms with Gasteiger partial charge in [-0.1, -0.05) is 30.3 Å². The van der Waals surface area contributed by atoms with Crippen LogP contribution in [0, 0.1) is 0 Å². The second-order valence-corrected chi connectivity index (χ2v) is 5.37. The predicted octanol–water partition coefficient (Wildman–Crippen LogP) is 2.18. The van der Waals surface area contributed by atoms with Crippen LogP contribution in [0.2, 0.25) is 0 Å². The van der Waals surface area contributed by atoms with Crippen LogP contribution in [0.5, 0.6) is 0 Å². The van der Waals surface area contributed by atoms with E-state index in [-0.39, 0.29) is 0 Å². The minimum atomic E-state index is 0.538. The lowest BCUT2D eigenvalue weighted by molar-refractivity contribution is -0.889. The fourth-order valence-corrected chi connectivity index (χ4v) is 3.42. The Kier molecular flexibility index (Phi) is 1.58. The topological polar surface area (TPSA) is 0 Å². The van der Waals surface area contributed by atoms with Crippen molar-refractivity contribution in [1.82, 2.24) is 0 Å². The summed E-state index contributed by atoms with van der Waals surface area (Å²) in [5, 5.41) is 0. The first-order chi connectivity index (χ1) is 6.73. The maximum Gasteiger partial charge on any atom is 0.0887 e. The third-order valence-electron chi connectivity index (χ3n) is 4.33. The largest absolute Gasteiger partial charge is 0.325 e. The van der Waals surface area contributed by atoms with Crippen LogP contribution < -0.4 is 0 Å². The molecule has 0 aliphatic carbocycles. The molecular weight excluding hydrogens is 170 g/mol. The summed E-state index contributed by atoms with van der Waals surface area (Å²) in [6, 6.07) is 11.1. The van der Waals surface area contributed by atoms with Gasteiger partial charge in [0.25, 0.3) is 0 Å². The molecule has 2 saturated heterocycles. The van der Waals surface area contributed by atoms with Gasteiger partial charge in [0.15, 0.2) is 0 Å². The molecule has 2 fully saturated rings. The molecule has 3 rings (SSSR count). The Morgan fingerprint density at radius 3 is 2.21 bits per heavy atom. The van der Waals surface area contributed by atoms with E-state index in [4.69, 9.17) is 0 Å². The maximum absolute atomic E-state index is 2.41. The molecule has 1 aromatic carbocycles. The number of benzene rings is 1. The lowest BCUT2D eigenvalue weighted by atomic mass is 9.78. The summed E-state index contributed by atoms with van der Waals surface area (Å²) in [5.74, 6) is 0. The number of fused-ring (bicyclic) bond motifs is 2. The van der Waals surface area contributed by atoms with Crippen molar-refractivity contribution >= 4 is 0 Å². The molecule has 0 unspecified atom stereocenters. The molecule has 1 aromatic rings. The van der Waals surface area contributed by atoms with Crippen molar-refractivity contribution in [3.8, 4) is 0 Å². The number of hydrogen-bond acceptors (Lipinski definition) is 0. The number of hydrogen-bond donors (Lipinski definition) is 0. The van der Waals surface area contributed by atoms with Crippen LogP contribution in [0.1, 0.15) is 18.4 Å². The predicted molar refractivity (Wildman–Crippen MR) is 58.1 cm³/mol. The van der Waals surface area contributed by atoms with E-state index in [1.807, 2.05) is 0 Å². The third kappa shape index (κ3) is 1.05. The Labute approximate surface area is 85.9 Å². The fourth-order valence-electron chi connectivity index (χ4n) is 3.42. The molecule has 74 valence electrons. The quantitative estimate of drug-likeness (QED) is 0.593. The Morgan fingerprint density at radius 2 is 1.71 bits per heavy atom. The summed E-state index contributed by atoms with van der Waals surface area (Å²) in [7, 11) is 2.41. The van der Waals surface area contributed by atoms with Gasteiger partial charge in [0.2, 0.25) is 0 Å². The van der Waals surface area contributed by atoms with E-state index in [9.17, 15) is 0 Å². The van der Waals surface area contributed by atoms with Crippen LogP contribution in [0.15, 0.2) is 30.3 Å². The summed E-state index contributed by atoms with van der Waals surface area (Å²) < 4.78 is 1.31. The second-order valence-electron chi connectivity index (χ2n) is 5.37. The standard InChI is InChI=1S/C13H18N/c1-14-9-7-13(11-14,8-10-14)12-5-3-2-4-6-12/h2-6H,7-11H2,1H3/q+1. The van der Waals surface area contributed by atoms with Crippen LogP contribution in [-0.2, 0) is 5.41 Å². The first-order valence-corrected chi connectivity index (χ1v) is 5.62. The van der Waals surface area contributed by atoms with Gasteiger partial charge in [-0.2, -0.15) is 0 Å². The van der Waals surface area contributed by atoms with Gasteiger partial charge in [0, 0.05) is 12.8 Å². The van der Waals surface area contributed by atoms with Gasteiger partial charge in [-0.3, -0.25) is 0 Å². The molecule has 1 nitrogen and oxygen atoms in total. The zero-order chi connectivity index (χ0) is 9.65. The molecule has 0 atom stereocenters. The normalized spacial score (nSPS) is 40.4. The van der Waals surface area contributed by atoms with Crippen molar-refractivity contribution in [3.63, 3.8) is 0 Å². The van der Waals surface area contributed by atoms with Crippen molar-refractivity contribution in [2.45, 2.75) is 18.3 Å². The van der Waals surface area contributed by atoms with Crippen molar-refractivity contribution in [2.24, 2.45) is 0 Å². The maximum atomic E-state index is 2.41. The highest BCUT2D eigenvalue weighted by Crippen LogP contribution is 2.46. The molecule has 0 N–H and O–H groups in total. The van der Waals surface area contributed by atoms with E-state index in [0.717, 1.165) is 0 Å². The molecule has 0 spiro atoms. The molecule has 0 amide bonds. The van der Waals surface area contributed by atoms with E-state index in [2.05, 4.69) is 37.4 Å². The first-order valence-electron chi connectivity index (χ1n) is 5.62. The Balaban J connectivity index is 2.00. The highest BCUT2D eigenvalue weighted by atomic mass is 15.4. The van der Waals surface area contributed by atoms with E-state index in [1.54, 1.807) is 5.56 Å². The molecule has 2 aliphatic rings. The Hall–Kier alpha value is -0.820. The third-order valence-corrected chi connectivity index (χ3v) is 4.33. The zero-order valence-electron chi connectivity index (χ0n) is 8.87. The lowest BCUT2D eigenvalue weighted by Crippen LogP contribution is -2.38. The molecule has 2 bridgehead atoms. The summed E-state index contributed by atoms with van der Waals surface area (Å²) in [6.45, 7) is 4.14. The summed E-state index contributed by atoms with van der Waals surface area (Å²) >= 11 is 0. The van der Waals surface area contributed by atoms with Gasteiger partial charge in [-0.25, -0.2) is 0 Å². The number of rotatable bonds is 1. The van der Waals surface area contributed by atoms with Crippen LogP contribution in [0.4, 0.5) is 0 Å². The van der Waals surface area contributed by atoms with Crippen LogP contribution in [-0.4, -0.2) is 31.2 Å². The molecular formula is C13H18N+. The fraction of sp³-hybridized carbons (Fsp3) is 0.538. The minimum Gasteiger partial charge on any atom is -0.325 e. The highest BCUT2D eigenvalue weighted by molar-refractivity contribution is 5.27. The molecule has 2 heterocycles. The van der Waals surface area contributed by atoms with E-state index in [1.165, 1.54) is 37.0 Å². The minimum absolute atomic E-state index is 0.538. The molecule has 0 radical (unpaired) electrons. The monoisotopic (exact) mass is 188 g/mol. The number of nitrogens with zero attached hydrogens (tertiary/aromatic N) is 1. The Bertz CT molecular complexity index is 334. The summed E-state index contributed by atoms with van der Waals surface area (Å²) in [6.07, 6.45) is 2.79. The smallest absolute Gasteiger partial charge is 0.0887 e. The lowest BCUT2D eigenvalue weighted by Gasteiger charge is -2.25. The molecule has 0 aromatic heterocycles. The Morgan fingerprint density at radius 1 is 1.07 bits per heavy atom. The molecule has 2 aliphatic heterocycles. The first kappa shape index (κ1) is 8.49. The van der Waals surface area contributed by atoms with Crippen molar-refractivity contribution in [1.29, 1.82) is 0 Å². The number of likely N-dealkylation sites (N-methyl/N-ethyl adjacent to an activating group) is 1. The van der Waals surface area contributed by atoms with Gasteiger partial charge in [0.05, 0.1) is 32.1 Å². The van der Waals surface area contributed by atoms with Gasteiger partial charge < -0.3 is 4.48 Å². The van der Waals surface area contributed by atoms with Gasteiger partial charge in [-0.15, -0.1) is 0 Å². The van der Waals surface area contributed by atoms with Gasteiger partial charge in [0.1, 0.15) is 0 Å². The molecule has 0 saturated carbocycles. The summed E-state index contributed by atoms with van der Waals surface area (Å²) in [5.41, 5.74) is 2.12. The van der Waals surface area contributed by atoms with E-state index < -0.39 is 0 Å². The van der Waals surface area contributed by atoms with E-state index in [0.29, 0.717) is 5.41 Å². The van der Waals surface area contributed by atoms with Gasteiger partial charge in [-0.05, 0) is 5.56 Å². The zero-order valence-corrected chi connectivity index (χ0v) is 8.87. The molecule has 14 heavy (non-hydrogen) atoms. The number of quaternary nitrogens is 1.